The van der Waals surface area contributed by atoms with E-state index < -0.39 is 0 Å². The maximum Gasteiger partial charge on any atom is 0.205 e. The Labute approximate surface area is 170 Å². The fraction of sp³-hybridized carbons (Fsp3) is 0.318. The summed E-state index contributed by atoms with van der Waals surface area (Å²) in [5.74, 6) is 1.29. The summed E-state index contributed by atoms with van der Waals surface area (Å²) in [6.45, 7) is 10.5. The van der Waals surface area contributed by atoms with Gasteiger partial charge in [-0.2, -0.15) is 9.78 Å². The number of anilines is 1. The van der Waals surface area contributed by atoms with Crippen molar-refractivity contribution in [1.29, 1.82) is 0 Å². The molecule has 0 N–H and O–H groups in total. The SMILES string of the molecule is CCC1=Nn2c(nnc2-c2ccccn2)C1=Nc1ccc(N(CC)CC)cc1C. The number of rotatable bonds is 6. The van der Waals surface area contributed by atoms with Crippen LogP contribution in [0.2, 0.25) is 0 Å². The van der Waals surface area contributed by atoms with E-state index in [0.29, 0.717) is 11.6 Å². The quantitative estimate of drug-likeness (QED) is 0.634. The van der Waals surface area contributed by atoms with Crippen LogP contribution >= 0.6 is 0 Å². The zero-order chi connectivity index (χ0) is 20.4. The molecule has 7 nitrogen and oxygen atoms in total. The van der Waals surface area contributed by atoms with Crippen LogP contribution in [0.1, 0.15) is 38.6 Å². The first-order chi connectivity index (χ1) is 14.2. The molecule has 0 amide bonds. The molecule has 0 radical (unpaired) electrons. The van der Waals surface area contributed by atoms with Gasteiger partial charge in [0.2, 0.25) is 11.6 Å². The molecule has 4 rings (SSSR count). The fourth-order valence-corrected chi connectivity index (χ4v) is 3.50. The first-order valence-electron chi connectivity index (χ1n) is 10.1. The van der Waals surface area contributed by atoms with Gasteiger partial charge in [0.15, 0.2) is 0 Å². The Bertz CT molecular complexity index is 1080. The van der Waals surface area contributed by atoms with E-state index >= 15 is 0 Å². The average molecular weight is 387 g/mol. The van der Waals surface area contributed by atoms with Crippen molar-refractivity contribution in [3.8, 4) is 11.5 Å². The molecule has 29 heavy (non-hydrogen) atoms. The van der Waals surface area contributed by atoms with Crippen LogP contribution in [0.25, 0.3) is 11.5 Å². The molecule has 0 spiro atoms. The molecule has 1 aliphatic rings. The van der Waals surface area contributed by atoms with Crippen LogP contribution in [0.3, 0.4) is 0 Å². The molecule has 0 atom stereocenters. The van der Waals surface area contributed by atoms with E-state index in [2.05, 4.69) is 66.0 Å². The van der Waals surface area contributed by atoms with Crippen molar-refractivity contribution in [2.24, 2.45) is 10.1 Å². The van der Waals surface area contributed by atoms with E-state index in [0.717, 1.165) is 47.9 Å². The van der Waals surface area contributed by atoms with Crippen molar-refractivity contribution in [3.63, 3.8) is 0 Å². The van der Waals surface area contributed by atoms with E-state index in [1.807, 2.05) is 18.2 Å². The van der Waals surface area contributed by atoms with Crippen molar-refractivity contribution in [2.45, 2.75) is 34.1 Å². The number of pyridine rings is 1. The van der Waals surface area contributed by atoms with Gasteiger partial charge in [-0.25, -0.2) is 4.99 Å². The smallest absolute Gasteiger partial charge is 0.205 e. The summed E-state index contributed by atoms with van der Waals surface area (Å²) in [6, 6.07) is 12.1. The van der Waals surface area contributed by atoms with Crippen molar-refractivity contribution in [1.82, 2.24) is 19.9 Å². The molecule has 7 heteroatoms. The predicted molar refractivity (Wildman–Crippen MR) is 117 cm³/mol. The van der Waals surface area contributed by atoms with Crippen LogP contribution in [0.4, 0.5) is 11.4 Å². The summed E-state index contributed by atoms with van der Waals surface area (Å²) in [6.07, 6.45) is 2.51. The Morgan fingerprint density at radius 1 is 1.00 bits per heavy atom. The highest BCUT2D eigenvalue weighted by atomic mass is 15.5. The summed E-state index contributed by atoms with van der Waals surface area (Å²) in [5.41, 5.74) is 5.69. The lowest BCUT2D eigenvalue weighted by Crippen LogP contribution is -2.21. The molecule has 1 aromatic carbocycles. The zero-order valence-electron chi connectivity index (χ0n) is 17.3. The normalized spacial score (nSPS) is 14.2. The van der Waals surface area contributed by atoms with E-state index in [1.54, 1.807) is 10.9 Å². The molecular formula is C22H25N7. The molecule has 1 aliphatic heterocycles. The van der Waals surface area contributed by atoms with Gasteiger partial charge in [0, 0.05) is 25.0 Å². The van der Waals surface area contributed by atoms with E-state index in [4.69, 9.17) is 10.1 Å². The van der Waals surface area contributed by atoms with Crippen molar-refractivity contribution in [3.05, 3.63) is 54.0 Å². The Balaban J connectivity index is 1.75. The third-order valence-corrected chi connectivity index (χ3v) is 5.12. The maximum absolute atomic E-state index is 4.93. The minimum absolute atomic E-state index is 0.630. The summed E-state index contributed by atoms with van der Waals surface area (Å²) >= 11 is 0. The van der Waals surface area contributed by atoms with Gasteiger partial charge < -0.3 is 4.90 Å². The number of hydrogen-bond donors (Lipinski definition) is 0. The minimum atomic E-state index is 0.630. The lowest BCUT2D eigenvalue weighted by Gasteiger charge is -2.21. The van der Waals surface area contributed by atoms with Crippen molar-refractivity contribution >= 4 is 22.8 Å². The molecular weight excluding hydrogens is 362 g/mol. The van der Waals surface area contributed by atoms with Gasteiger partial charge in [0.05, 0.1) is 11.4 Å². The third-order valence-electron chi connectivity index (χ3n) is 5.12. The highest BCUT2D eigenvalue weighted by molar-refractivity contribution is 6.49. The van der Waals surface area contributed by atoms with Crippen LogP contribution < -0.4 is 4.90 Å². The highest BCUT2D eigenvalue weighted by Gasteiger charge is 2.28. The van der Waals surface area contributed by atoms with Crippen LogP contribution in [0.5, 0.6) is 0 Å². The van der Waals surface area contributed by atoms with Gasteiger partial charge in [-0.05, 0) is 63.1 Å². The van der Waals surface area contributed by atoms with Crippen LogP contribution in [-0.2, 0) is 0 Å². The van der Waals surface area contributed by atoms with Crippen LogP contribution in [-0.4, -0.2) is 44.4 Å². The Morgan fingerprint density at radius 2 is 1.79 bits per heavy atom. The van der Waals surface area contributed by atoms with Gasteiger partial charge in [-0.3, -0.25) is 4.98 Å². The second-order valence-electron chi connectivity index (χ2n) is 6.88. The highest BCUT2D eigenvalue weighted by Crippen LogP contribution is 2.28. The standard InChI is InChI=1S/C22H25N7/c1-5-17-20(24-18-12-11-16(14-15(18)4)28(6-2)7-3)22-26-25-21(29(22)27-17)19-10-8-9-13-23-19/h8-14H,5-7H2,1-4H3. The van der Waals surface area contributed by atoms with Gasteiger partial charge in [0.1, 0.15) is 11.4 Å². The lowest BCUT2D eigenvalue weighted by atomic mass is 10.1. The van der Waals surface area contributed by atoms with E-state index in [-0.39, 0.29) is 0 Å². The summed E-state index contributed by atoms with van der Waals surface area (Å²) in [7, 11) is 0. The molecule has 3 aromatic rings. The number of hydrogen-bond acceptors (Lipinski definition) is 6. The summed E-state index contributed by atoms with van der Waals surface area (Å²) in [4.78, 5) is 11.6. The third kappa shape index (κ3) is 3.44. The number of aryl methyl sites for hydroxylation is 1. The van der Waals surface area contributed by atoms with Crippen LogP contribution in [0, 0.1) is 6.92 Å². The second kappa shape index (κ2) is 7.95. The molecule has 0 aliphatic carbocycles. The zero-order valence-corrected chi connectivity index (χ0v) is 17.3. The number of aromatic nitrogens is 4. The van der Waals surface area contributed by atoms with Gasteiger partial charge in [-0.15, -0.1) is 10.2 Å². The summed E-state index contributed by atoms with van der Waals surface area (Å²) in [5, 5.41) is 13.4. The van der Waals surface area contributed by atoms with E-state index in [1.165, 1.54) is 5.69 Å². The number of benzene rings is 1. The monoisotopic (exact) mass is 387 g/mol. The Kier molecular flexibility index (Phi) is 5.20. The lowest BCUT2D eigenvalue weighted by molar-refractivity contribution is 0.865. The first kappa shape index (κ1) is 19.0. The Hall–Kier alpha value is -3.35. The molecule has 0 unspecified atom stereocenters. The molecule has 0 bridgehead atoms. The number of aliphatic imine (C=N–C) groups is 1. The van der Waals surface area contributed by atoms with E-state index in [9.17, 15) is 0 Å². The molecule has 148 valence electrons. The van der Waals surface area contributed by atoms with Crippen molar-refractivity contribution in [2.75, 3.05) is 18.0 Å². The topological polar surface area (TPSA) is 71.6 Å². The maximum atomic E-state index is 4.93. The molecule has 0 saturated heterocycles. The molecule has 0 saturated carbocycles. The van der Waals surface area contributed by atoms with Gasteiger partial charge in [0.25, 0.3) is 0 Å². The molecule has 3 heterocycles. The predicted octanol–water partition coefficient (Wildman–Crippen LogP) is 4.24. The van der Waals surface area contributed by atoms with Crippen LogP contribution in [0.15, 0.2) is 52.7 Å². The molecule has 2 aromatic heterocycles. The first-order valence-corrected chi connectivity index (χ1v) is 10.1. The number of fused-ring (bicyclic) bond motifs is 1. The van der Waals surface area contributed by atoms with Gasteiger partial charge in [-0.1, -0.05) is 13.0 Å². The fourth-order valence-electron chi connectivity index (χ4n) is 3.50. The van der Waals surface area contributed by atoms with Crippen molar-refractivity contribution < 1.29 is 0 Å². The Morgan fingerprint density at radius 3 is 2.45 bits per heavy atom. The minimum Gasteiger partial charge on any atom is -0.372 e. The van der Waals surface area contributed by atoms with Gasteiger partial charge >= 0.3 is 0 Å². The molecule has 0 fully saturated rings. The second-order valence-corrected chi connectivity index (χ2v) is 6.88. The largest absolute Gasteiger partial charge is 0.372 e. The summed E-state index contributed by atoms with van der Waals surface area (Å²) < 4.78 is 1.75. The number of nitrogens with zero attached hydrogens (tertiary/aromatic N) is 7. The average Bonchev–Trinajstić information content (AvgIpc) is 3.31.